The molecule has 3 heteroatoms. The van der Waals surface area contributed by atoms with Gasteiger partial charge in [-0.3, -0.25) is 0 Å². The van der Waals surface area contributed by atoms with Crippen molar-refractivity contribution in [3.63, 3.8) is 0 Å². The zero-order chi connectivity index (χ0) is 9.68. The van der Waals surface area contributed by atoms with Gasteiger partial charge in [0.1, 0.15) is 5.82 Å². The Labute approximate surface area is 82.9 Å². The van der Waals surface area contributed by atoms with E-state index < -0.39 is 0 Å². The van der Waals surface area contributed by atoms with Crippen molar-refractivity contribution in [2.24, 2.45) is 0 Å². The van der Waals surface area contributed by atoms with E-state index in [0.717, 1.165) is 12.0 Å². The lowest BCUT2D eigenvalue weighted by Gasteiger charge is -2.14. The summed E-state index contributed by atoms with van der Waals surface area (Å²) < 4.78 is 12.8. The molecule has 0 fully saturated rings. The minimum absolute atomic E-state index is 0.146. The molecule has 0 aliphatic heterocycles. The molecule has 0 saturated heterocycles. The minimum Gasteiger partial charge on any atom is -0.313 e. The molecule has 1 unspecified atom stereocenters. The smallest absolute Gasteiger partial charge is 0.123 e. The molecule has 0 aliphatic carbocycles. The molecule has 0 heterocycles. The summed E-state index contributed by atoms with van der Waals surface area (Å²) in [4.78, 5) is 0. The lowest BCUT2D eigenvalue weighted by atomic mass is 10.1. The molecule has 1 N–H and O–H groups in total. The van der Waals surface area contributed by atoms with Crippen LogP contribution in [0.5, 0.6) is 0 Å². The van der Waals surface area contributed by atoms with Gasteiger partial charge in [-0.15, -0.1) is 11.6 Å². The van der Waals surface area contributed by atoms with E-state index in [9.17, 15) is 4.39 Å². The van der Waals surface area contributed by atoms with Gasteiger partial charge < -0.3 is 5.32 Å². The minimum atomic E-state index is -0.202. The summed E-state index contributed by atoms with van der Waals surface area (Å²) in [5.41, 5.74) is 0.947. The summed E-state index contributed by atoms with van der Waals surface area (Å²) in [6.45, 7) is 0. The highest BCUT2D eigenvalue weighted by atomic mass is 35.5. The van der Waals surface area contributed by atoms with Crippen LogP contribution in [0.1, 0.15) is 18.0 Å². The molecule has 1 aromatic rings. The highest BCUT2D eigenvalue weighted by molar-refractivity contribution is 6.17. The second kappa shape index (κ2) is 5.20. The molecule has 1 atom stereocenters. The third-order valence-electron chi connectivity index (χ3n) is 2.00. The lowest BCUT2D eigenvalue weighted by molar-refractivity contribution is 0.568. The molecule has 0 radical (unpaired) electrons. The van der Waals surface area contributed by atoms with Crippen LogP contribution in [0.25, 0.3) is 0 Å². The Hall–Kier alpha value is -0.600. The first-order valence-electron chi connectivity index (χ1n) is 4.26. The molecule has 0 bridgehead atoms. The molecule has 13 heavy (non-hydrogen) atoms. The number of hydrogen-bond donors (Lipinski definition) is 1. The summed E-state index contributed by atoms with van der Waals surface area (Å²) in [5.74, 6) is 0.370. The Balaban J connectivity index is 2.78. The summed E-state index contributed by atoms with van der Waals surface area (Å²) in [6, 6.07) is 6.73. The van der Waals surface area contributed by atoms with E-state index in [1.807, 2.05) is 13.1 Å². The van der Waals surface area contributed by atoms with Crippen LogP contribution < -0.4 is 5.32 Å². The fourth-order valence-corrected chi connectivity index (χ4v) is 1.53. The van der Waals surface area contributed by atoms with Gasteiger partial charge in [-0.25, -0.2) is 4.39 Å². The fraction of sp³-hybridized carbons (Fsp3) is 0.400. The van der Waals surface area contributed by atoms with Gasteiger partial charge in [0.15, 0.2) is 0 Å². The van der Waals surface area contributed by atoms with Crippen molar-refractivity contribution < 1.29 is 4.39 Å². The lowest BCUT2D eigenvalue weighted by Crippen LogP contribution is -2.16. The molecule has 1 rings (SSSR count). The topological polar surface area (TPSA) is 12.0 Å². The number of hydrogen-bond acceptors (Lipinski definition) is 1. The van der Waals surface area contributed by atoms with Crippen LogP contribution in [-0.4, -0.2) is 12.9 Å². The van der Waals surface area contributed by atoms with Crippen molar-refractivity contribution in [2.75, 3.05) is 12.9 Å². The predicted molar refractivity (Wildman–Crippen MR) is 53.5 cm³/mol. The molecule has 0 amide bonds. The van der Waals surface area contributed by atoms with Crippen LogP contribution in [0.3, 0.4) is 0 Å². The first-order chi connectivity index (χ1) is 6.27. The van der Waals surface area contributed by atoms with Crippen molar-refractivity contribution in [3.05, 3.63) is 35.6 Å². The van der Waals surface area contributed by atoms with Crippen LogP contribution in [-0.2, 0) is 0 Å². The number of halogens is 2. The molecule has 1 aromatic carbocycles. The maximum absolute atomic E-state index is 12.8. The second-order valence-corrected chi connectivity index (χ2v) is 3.25. The molecular weight excluding hydrogens is 189 g/mol. The summed E-state index contributed by atoms with van der Waals surface area (Å²) in [5, 5.41) is 3.10. The van der Waals surface area contributed by atoms with E-state index >= 15 is 0 Å². The Kier molecular flexibility index (Phi) is 4.19. The number of benzene rings is 1. The van der Waals surface area contributed by atoms with Gasteiger partial charge in [-0.2, -0.15) is 0 Å². The van der Waals surface area contributed by atoms with E-state index in [2.05, 4.69) is 5.32 Å². The van der Waals surface area contributed by atoms with Gasteiger partial charge in [0.2, 0.25) is 0 Å². The maximum atomic E-state index is 12.8. The Morgan fingerprint density at radius 3 is 2.85 bits per heavy atom. The molecule has 72 valence electrons. The largest absolute Gasteiger partial charge is 0.313 e. The number of alkyl halides is 1. The van der Waals surface area contributed by atoms with Crippen LogP contribution in [0, 0.1) is 5.82 Å². The highest BCUT2D eigenvalue weighted by Gasteiger charge is 2.08. The summed E-state index contributed by atoms with van der Waals surface area (Å²) in [6.07, 6.45) is 0.807. The van der Waals surface area contributed by atoms with Crippen molar-refractivity contribution in [2.45, 2.75) is 12.5 Å². The second-order valence-electron chi connectivity index (χ2n) is 2.87. The van der Waals surface area contributed by atoms with E-state index in [0.29, 0.717) is 5.88 Å². The molecule has 0 saturated carbocycles. The predicted octanol–water partition coefficient (Wildman–Crippen LogP) is 2.72. The van der Waals surface area contributed by atoms with Crippen LogP contribution in [0.2, 0.25) is 0 Å². The first kappa shape index (κ1) is 10.5. The summed E-state index contributed by atoms with van der Waals surface area (Å²) in [7, 11) is 1.85. The van der Waals surface area contributed by atoms with E-state index in [4.69, 9.17) is 11.6 Å². The van der Waals surface area contributed by atoms with E-state index in [1.54, 1.807) is 6.07 Å². The zero-order valence-electron chi connectivity index (χ0n) is 7.56. The van der Waals surface area contributed by atoms with Gasteiger partial charge in [0, 0.05) is 11.9 Å². The van der Waals surface area contributed by atoms with Gasteiger partial charge in [0.25, 0.3) is 0 Å². The SMILES string of the molecule is CNC(CCCl)c1cccc(F)c1. The standard InChI is InChI=1S/C10H13ClFN/c1-13-10(5-6-11)8-3-2-4-9(12)7-8/h2-4,7,10,13H,5-6H2,1H3. The quantitative estimate of drug-likeness (QED) is 0.739. The molecule has 0 aromatic heterocycles. The molecular formula is C10H13ClFN. The fourth-order valence-electron chi connectivity index (χ4n) is 1.31. The van der Waals surface area contributed by atoms with Gasteiger partial charge in [-0.1, -0.05) is 12.1 Å². The normalized spacial score (nSPS) is 12.8. The van der Waals surface area contributed by atoms with Gasteiger partial charge >= 0.3 is 0 Å². The van der Waals surface area contributed by atoms with Crippen LogP contribution in [0.4, 0.5) is 4.39 Å². The van der Waals surface area contributed by atoms with Gasteiger partial charge in [-0.05, 0) is 31.2 Å². The van der Waals surface area contributed by atoms with Crippen molar-refractivity contribution >= 4 is 11.6 Å². The van der Waals surface area contributed by atoms with Crippen molar-refractivity contribution in [1.29, 1.82) is 0 Å². The molecule has 0 aliphatic rings. The molecule has 1 nitrogen and oxygen atoms in total. The van der Waals surface area contributed by atoms with Crippen molar-refractivity contribution in [3.8, 4) is 0 Å². The van der Waals surface area contributed by atoms with Crippen molar-refractivity contribution in [1.82, 2.24) is 5.32 Å². The third-order valence-corrected chi connectivity index (χ3v) is 2.22. The average Bonchev–Trinajstić information content (AvgIpc) is 2.14. The Morgan fingerprint density at radius 2 is 2.31 bits per heavy atom. The number of nitrogens with one attached hydrogen (secondary N) is 1. The monoisotopic (exact) mass is 201 g/mol. The maximum Gasteiger partial charge on any atom is 0.123 e. The molecule has 0 spiro atoms. The van der Waals surface area contributed by atoms with Gasteiger partial charge in [0.05, 0.1) is 0 Å². The highest BCUT2D eigenvalue weighted by Crippen LogP contribution is 2.17. The third kappa shape index (κ3) is 2.98. The van der Waals surface area contributed by atoms with E-state index in [-0.39, 0.29) is 11.9 Å². The first-order valence-corrected chi connectivity index (χ1v) is 4.80. The van der Waals surface area contributed by atoms with Crippen LogP contribution >= 0.6 is 11.6 Å². The van der Waals surface area contributed by atoms with Crippen LogP contribution in [0.15, 0.2) is 24.3 Å². The zero-order valence-corrected chi connectivity index (χ0v) is 8.31. The Bertz CT molecular complexity index is 265. The van der Waals surface area contributed by atoms with E-state index in [1.165, 1.54) is 12.1 Å². The summed E-state index contributed by atoms with van der Waals surface area (Å²) >= 11 is 5.63. The Morgan fingerprint density at radius 1 is 1.54 bits per heavy atom. The average molecular weight is 202 g/mol. The number of rotatable bonds is 4.